The molecule has 2 saturated heterocycles. The topological polar surface area (TPSA) is 142 Å². The number of carbonyl (C=O) groups excluding carboxylic acids is 1. The minimum atomic E-state index is -1.67. The standard InChI is InChI=1S/C25H46N2O8/c1-14-8-10-20(35-24-21(28)18(27(5)6)12-15(2)34-24)19(32-7)11-9-17(26)16(3)22(29)25(4,31)13-33-23(14)30/h14-16,18-22,24,26,28-29,31H,8-13H2,1-7H3/t14?,15?,16?,18?,19?,20-,21?,22?,24?,25?/m1/s1. The van der Waals surface area contributed by atoms with Gasteiger partial charge < -0.3 is 44.6 Å². The van der Waals surface area contributed by atoms with Crippen molar-refractivity contribution in [1.82, 2.24) is 4.90 Å². The van der Waals surface area contributed by atoms with Crippen LogP contribution in [0, 0.1) is 17.2 Å². The lowest BCUT2D eigenvalue weighted by atomic mass is 9.84. The number of aliphatic hydroxyl groups excluding tert-OH is 2. The van der Waals surface area contributed by atoms with Crippen LogP contribution in [-0.2, 0) is 23.7 Å². The van der Waals surface area contributed by atoms with Gasteiger partial charge in [0.15, 0.2) is 6.29 Å². The maximum atomic E-state index is 12.6. The molecule has 4 N–H and O–H groups in total. The second-order valence-electron chi connectivity index (χ2n) is 10.8. The molecule has 204 valence electrons. The van der Waals surface area contributed by atoms with E-state index >= 15 is 0 Å². The Morgan fingerprint density at radius 3 is 2.37 bits per heavy atom. The number of esters is 1. The van der Waals surface area contributed by atoms with Crippen molar-refractivity contribution < 1.29 is 39.1 Å². The Hall–Kier alpha value is -1.14. The highest BCUT2D eigenvalue weighted by molar-refractivity contribution is 5.84. The quantitative estimate of drug-likeness (QED) is 0.419. The first-order valence-corrected chi connectivity index (χ1v) is 12.6. The van der Waals surface area contributed by atoms with E-state index in [2.05, 4.69) is 0 Å². The SMILES string of the molecule is COC1CCC(=N)C(C)C(O)C(C)(O)COC(=O)C(C)CC[C@H]1OC1OC(C)CC(N(C)C)C1O. The lowest BCUT2D eigenvalue weighted by Gasteiger charge is -2.43. The van der Waals surface area contributed by atoms with E-state index in [0.717, 1.165) is 0 Å². The van der Waals surface area contributed by atoms with Gasteiger partial charge in [0.05, 0.1) is 30.3 Å². The van der Waals surface area contributed by atoms with E-state index in [1.807, 2.05) is 25.9 Å². The molecule has 0 spiro atoms. The van der Waals surface area contributed by atoms with Gasteiger partial charge in [0.1, 0.15) is 18.3 Å². The van der Waals surface area contributed by atoms with Crippen molar-refractivity contribution in [2.24, 2.45) is 11.8 Å². The summed E-state index contributed by atoms with van der Waals surface area (Å²) in [4.78, 5) is 14.5. The third kappa shape index (κ3) is 7.92. The lowest BCUT2D eigenvalue weighted by Crippen LogP contribution is -2.55. The minimum Gasteiger partial charge on any atom is -0.462 e. The molecule has 2 rings (SSSR count). The van der Waals surface area contributed by atoms with Crippen molar-refractivity contribution >= 4 is 11.7 Å². The third-order valence-corrected chi connectivity index (χ3v) is 7.45. The molecule has 0 amide bonds. The Bertz CT molecular complexity index is 703. The minimum absolute atomic E-state index is 0.104. The number of nitrogens with one attached hydrogen (secondary N) is 1. The fourth-order valence-electron chi connectivity index (χ4n) is 4.86. The van der Waals surface area contributed by atoms with Crippen molar-refractivity contribution in [3.8, 4) is 0 Å². The van der Waals surface area contributed by atoms with Gasteiger partial charge in [-0.15, -0.1) is 0 Å². The number of hydrogen-bond acceptors (Lipinski definition) is 10. The first-order chi connectivity index (χ1) is 16.3. The number of nitrogens with zero attached hydrogens (tertiary/aromatic N) is 1. The Kier molecular flexibility index (Phi) is 11.1. The van der Waals surface area contributed by atoms with Crippen LogP contribution in [0.5, 0.6) is 0 Å². The molecule has 10 atom stereocenters. The average Bonchev–Trinajstić information content (AvgIpc) is 2.80. The number of rotatable bonds is 4. The van der Waals surface area contributed by atoms with Gasteiger partial charge in [-0.1, -0.05) is 13.8 Å². The monoisotopic (exact) mass is 502 g/mol. The number of methoxy groups -OCH3 is 1. The predicted octanol–water partition coefficient (Wildman–Crippen LogP) is 1.33. The molecular formula is C25H46N2O8. The van der Waals surface area contributed by atoms with Gasteiger partial charge in [-0.3, -0.25) is 4.79 Å². The molecule has 2 fully saturated rings. The predicted molar refractivity (Wildman–Crippen MR) is 130 cm³/mol. The zero-order valence-electron chi connectivity index (χ0n) is 22.3. The van der Waals surface area contributed by atoms with Gasteiger partial charge >= 0.3 is 5.97 Å². The molecule has 0 radical (unpaired) electrons. The van der Waals surface area contributed by atoms with E-state index in [-0.39, 0.29) is 24.5 Å². The first kappa shape index (κ1) is 30.1. The van der Waals surface area contributed by atoms with Crippen molar-refractivity contribution in [1.29, 1.82) is 5.41 Å². The molecule has 2 aliphatic rings. The zero-order valence-corrected chi connectivity index (χ0v) is 22.3. The first-order valence-electron chi connectivity index (χ1n) is 12.6. The van der Waals surface area contributed by atoms with Crippen molar-refractivity contribution in [2.75, 3.05) is 27.8 Å². The van der Waals surface area contributed by atoms with E-state index in [1.165, 1.54) is 6.92 Å². The Balaban J connectivity index is 2.26. The van der Waals surface area contributed by atoms with Crippen molar-refractivity contribution in [3.05, 3.63) is 0 Å². The Labute approximate surface area is 209 Å². The summed E-state index contributed by atoms with van der Waals surface area (Å²) in [5.41, 5.74) is -1.42. The van der Waals surface area contributed by atoms with E-state index in [4.69, 9.17) is 24.4 Å². The molecule has 0 aromatic rings. The van der Waals surface area contributed by atoms with Crippen LogP contribution in [0.4, 0.5) is 0 Å². The number of cyclic esters (lactones) is 1. The Morgan fingerprint density at radius 2 is 1.77 bits per heavy atom. The van der Waals surface area contributed by atoms with Gasteiger partial charge in [0, 0.05) is 24.8 Å². The molecular weight excluding hydrogens is 456 g/mol. The number of carbonyl (C=O) groups is 1. The van der Waals surface area contributed by atoms with Crippen LogP contribution in [0.2, 0.25) is 0 Å². The summed E-state index contributed by atoms with van der Waals surface area (Å²) >= 11 is 0. The summed E-state index contributed by atoms with van der Waals surface area (Å²) in [6, 6.07) is -0.125. The van der Waals surface area contributed by atoms with Gasteiger partial charge in [0.25, 0.3) is 0 Å². The van der Waals surface area contributed by atoms with E-state index < -0.39 is 54.1 Å². The van der Waals surface area contributed by atoms with E-state index in [9.17, 15) is 20.1 Å². The third-order valence-electron chi connectivity index (χ3n) is 7.45. The molecule has 0 aromatic carbocycles. The van der Waals surface area contributed by atoms with Gasteiger partial charge in [-0.25, -0.2) is 0 Å². The normalized spacial score (nSPS) is 43.0. The molecule has 0 bridgehead atoms. The maximum Gasteiger partial charge on any atom is 0.308 e. The number of hydrogen-bond donors (Lipinski definition) is 4. The molecule has 35 heavy (non-hydrogen) atoms. The lowest BCUT2D eigenvalue weighted by molar-refractivity contribution is -0.279. The molecule has 10 heteroatoms. The average molecular weight is 503 g/mol. The van der Waals surface area contributed by atoms with Crippen molar-refractivity contribution in [2.45, 2.75) is 108 Å². The van der Waals surface area contributed by atoms with Crippen molar-refractivity contribution in [3.63, 3.8) is 0 Å². The van der Waals surface area contributed by atoms with Gasteiger partial charge in [-0.05, 0) is 60.0 Å². The van der Waals surface area contributed by atoms with Crippen LogP contribution in [0.3, 0.4) is 0 Å². The summed E-state index contributed by atoms with van der Waals surface area (Å²) in [7, 11) is 5.39. The van der Waals surface area contributed by atoms with Crippen LogP contribution < -0.4 is 0 Å². The fourth-order valence-corrected chi connectivity index (χ4v) is 4.86. The second kappa shape index (κ2) is 12.9. The highest BCUT2D eigenvalue weighted by atomic mass is 16.7. The summed E-state index contributed by atoms with van der Waals surface area (Å²) in [6.07, 6.45) is -1.70. The molecule has 0 aliphatic carbocycles. The van der Waals surface area contributed by atoms with Crippen LogP contribution in [-0.4, -0.2) is 108 Å². The fraction of sp³-hybridized carbons (Fsp3) is 0.920. The van der Waals surface area contributed by atoms with Crippen LogP contribution >= 0.6 is 0 Å². The number of ether oxygens (including phenoxy) is 4. The van der Waals surface area contributed by atoms with Gasteiger partial charge in [0.2, 0.25) is 0 Å². The zero-order chi connectivity index (χ0) is 26.5. The highest BCUT2D eigenvalue weighted by Crippen LogP contribution is 2.29. The van der Waals surface area contributed by atoms with Crippen LogP contribution in [0.25, 0.3) is 0 Å². The highest BCUT2D eigenvalue weighted by Gasteiger charge is 2.41. The van der Waals surface area contributed by atoms with E-state index in [1.54, 1.807) is 21.0 Å². The number of likely N-dealkylation sites (N-methyl/N-ethyl adjacent to an activating group) is 1. The summed E-state index contributed by atoms with van der Waals surface area (Å²) in [5, 5.41) is 40.7. The summed E-state index contributed by atoms with van der Waals surface area (Å²) in [5.74, 6) is -1.61. The second-order valence-corrected chi connectivity index (χ2v) is 10.8. The molecule has 2 heterocycles. The molecule has 9 unspecified atom stereocenters. The summed E-state index contributed by atoms with van der Waals surface area (Å²) < 4.78 is 23.4. The van der Waals surface area contributed by atoms with E-state index in [0.29, 0.717) is 32.1 Å². The largest absolute Gasteiger partial charge is 0.462 e. The molecule has 0 saturated carbocycles. The molecule has 2 aliphatic heterocycles. The van der Waals surface area contributed by atoms with Crippen LogP contribution in [0.1, 0.15) is 59.8 Å². The summed E-state index contributed by atoms with van der Waals surface area (Å²) in [6.45, 7) is 6.41. The number of aliphatic hydroxyl groups is 3. The van der Waals surface area contributed by atoms with Crippen LogP contribution in [0.15, 0.2) is 0 Å². The molecule has 10 nitrogen and oxygen atoms in total. The van der Waals surface area contributed by atoms with Gasteiger partial charge in [-0.2, -0.15) is 0 Å². The molecule has 0 aromatic heterocycles. The smallest absolute Gasteiger partial charge is 0.308 e. The Morgan fingerprint density at radius 1 is 1.11 bits per heavy atom. The maximum absolute atomic E-state index is 12.6.